The first-order chi connectivity index (χ1) is 10.8. The Hall–Kier alpha value is -1.66. The van der Waals surface area contributed by atoms with Gasteiger partial charge in [0.2, 0.25) is 0 Å². The number of carbonyl (C=O) groups is 1. The molecule has 0 saturated heterocycles. The van der Waals surface area contributed by atoms with Gasteiger partial charge in [-0.3, -0.25) is 4.79 Å². The molecule has 1 atom stereocenters. The van der Waals surface area contributed by atoms with Gasteiger partial charge in [-0.1, -0.05) is 44.2 Å². The second-order valence-corrected chi connectivity index (χ2v) is 9.07. The van der Waals surface area contributed by atoms with Gasteiger partial charge >= 0.3 is 5.97 Å². The van der Waals surface area contributed by atoms with Crippen LogP contribution in [-0.4, -0.2) is 24.7 Å². The van der Waals surface area contributed by atoms with Gasteiger partial charge in [0.1, 0.15) is 0 Å². The number of carboxylic acid groups (broad SMARTS) is 1. The number of thiophene rings is 1. The molecule has 23 heavy (non-hydrogen) atoms. The molecular weight excluding hydrogens is 332 g/mol. The minimum Gasteiger partial charge on any atom is -0.480 e. The zero-order valence-corrected chi connectivity index (χ0v) is 14.7. The molecule has 2 rings (SSSR count). The summed E-state index contributed by atoms with van der Waals surface area (Å²) in [5.74, 6) is -1.51. The lowest BCUT2D eigenvalue weighted by atomic mass is 10.1. The summed E-state index contributed by atoms with van der Waals surface area (Å²) in [5, 5.41) is 9.86. The number of aliphatic carboxylic acids is 1. The van der Waals surface area contributed by atoms with E-state index in [0.29, 0.717) is 5.56 Å². The van der Waals surface area contributed by atoms with Crippen molar-refractivity contribution < 1.29 is 18.3 Å². The minimum atomic E-state index is -3.73. The van der Waals surface area contributed by atoms with E-state index in [0.717, 1.165) is 10.4 Å². The first-order valence-corrected chi connectivity index (χ1v) is 9.96. The van der Waals surface area contributed by atoms with Crippen molar-refractivity contribution in [2.75, 3.05) is 0 Å². The number of hydrogen-bond donors (Lipinski definition) is 1. The van der Waals surface area contributed by atoms with Crippen molar-refractivity contribution in [2.45, 2.75) is 31.3 Å². The Morgan fingerprint density at radius 1 is 1.17 bits per heavy atom. The van der Waals surface area contributed by atoms with Crippen LogP contribution in [-0.2, 0) is 20.4 Å². The Morgan fingerprint density at radius 2 is 1.83 bits per heavy atom. The lowest BCUT2D eigenvalue weighted by molar-refractivity contribution is -0.136. The van der Waals surface area contributed by atoms with Gasteiger partial charge in [0, 0.05) is 4.88 Å². The number of rotatable bonds is 7. The van der Waals surface area contributed by atoms with Crippen LogP contribution in [0, 0.1) is 5.92 Å². The van der Waals surface area contributed by atoms with E-state index in [1.165, 1.54) is 0 Å². The van der Waals surface area contributed by atoms with Crippen LogP contribution in [0.5, 0.6) is 0 Å². The van der Waals surface area contributed by atoms with Gasteiger partial charge in [0.05, 0.1) is 5.75 Å². The standard InChI is InChI=1S/C17H20O4S2/c1-12(2)10-16(17(18)19)23(20,21)11-13-5-7-14(8-6-13)15-4-3-9-22-15/h3-9,12,16H,10-11H2,1-2H3,(H,18,19). The number of hydrogen-bond acceptors (Lipinski definition) is 4. The predicted molar refractivity (Wildman–Crippen MR) is 93.3 cm³/mol. The Labute approximate surface area is 140 Å². The Bertz CT molecular complexity index is 744. The Kier molecular flexibility index (Phi) is 5.59. The Balaban J connectivity index is 2.18. The molecule has 1 aromatic carbocycles. The third-order valence-electron chi connectivity index (χ3n) is 3.52. The van der Waals surface area contributed by atoms with E-state index in [4.69, 9.17) is 0 Å². The highest BCUT2D eigenvalue weighted by Gasteiger charge is 2.33. The highest BCUT2D eigenvalue weighted by Crippen LogP contribution is 2.26. The van der Waals surface area contributed by atoms with Crippen LogP contribution in [0.2, 0.25) is 0 Å². The van der Waals surface area contributed by atoms with Crippen molar-refractivity contribution in [3.05, 3.63) is 47.3 Å². The van der Waals surface area contributed by atoms with E-state index < -0.39 is 21.1 Å². The molecule has 0 radical (unpaired) electrons. The van der Waals surface area contributed by atoms with E-state index >= 15 is 0 Å². The molecule has 4 nitrogen and oxygen atoms in total. The Morgan fingerprint density at radius 3 is 2.30 bits per heavy atom. The third kappa shape index (κ3) is 4.65. The predicted octanol–water partition coefficient (Wildman–Crippen LogP) is 3.83. The lowest BCUT2D eigenvalue weighted by Crippen LogP contribution is -2.32. The maximum atomic E-state index is 12.4. The van der Waals surface area contributed by atoms with Crippen LogP contribution in [0.4, 0.5) is 0 Å². The van der Waals surface area contributed by atoms with Crippen LogP contribution in [0.25, 0.3) is 10.4 Å². The molecule has 0 fully saturated rings. The highest BCUT2D eigenvalue weighted by molar-refractivity contribution is 7.92. The van der Waals surface area contributed by atoms with Crippen LogP contribution in [0.1, 0.15) is 25.8 Å². The third-order valence-corrected chi connectivity index (χ3v) is 6.44. The molecule has 0 aliphatic heterocycles. The largest absolute Gasteiger partial charge is 0.480 e. The average Bonchev–Trinajstić information content (AvgIpc) is 2.98. The van der Waals surface area contributed by atoms with E-state index in [1.807, 2.05) is 43.5 Å². The minimum absolute atomic E-state index is 0.00656. The zero-order valence-electron chi connectivity index (χ0n) is 13.1. The summed E-state index contributed by atoms with van der Waals surface area (Å²) in [5.41, 5.74) is 1.64. The number of sulfone groups is 1. The fourth-order valence-corrected chi connectivity index (χ4v) is 4.95. The fourth-order valence-electron chi connectivity index (χ4n) is 2.37. The normalized spacial score (nSPS) is 13.2. The molecule has 1 N–H and O–H groups in total. The number of benzene rings is 1. The van der Waals surface area contributed by atoms with Gasteiger partial charge in [-0.15, -0.1) is 11.3 Å². The monoisotopic (exact) mass is 352 g/mol. The summed E-state index contributed by atoms with van der Waals surface area (Å²) in [6.45, 7) is 3.64. The highest BCUT2D eigenvalue weighted by atomic mass is 32.2. The van der Waals surface area contributed by atoms with Crippen LogP contribution >= 0.6 is 11.3 Å². The molecule has 6 heteroatoms. The zero-order chi connectivity index (χ0) is 17.0. The summed E-state index contributed by atoms with van der Waals surface area (Å²) in [7, 11) is -3.73. The first-order valence-electron chi connectivity index (χ1n) is 7.37. The number of carboxylic acids is 1. The second-order valence-electron chi connectivity index (χ2n) is 5.94. The van der Waals surface area contributed by atoms with Gasteiger partial charge in [-0.25, -0.2) is 8.42 Å². The van der Waals surface area contributed by atoms with E-state index in [2.05, 4.69) is 0 Å². The van der Waals surface area contributed by atoms with Crippen molar-refractivity contribution in [1.29, 1.82) is 0 Å². The van der Waals surface area contributed by atoms with Crippen molar-refractivity contribution >= 4 is 27.1 Å². The fraction of sp³-hybridized carbons (Fsp3) is 0.353. The van der Waals surface area contributed by atoms with Crippen LogP contribution < -0.4 is 0 Å². The van der Waals surface area contributed by atoms with Crippen molar-refractivity contribution in [1.82, 2.24) is 0 Å². The molecule has 0 aliphatic carbocycles. The van der Waals surface area contributed by atoms with Gasteiger partial charge in [0.15, 0.2) is 15.1 Å². The van der Waals surface area contributed by atoms with Gasteiger partial charge in [-0.05, 0) is 34.9 Å². The molecule has 124 valence electrons. The van der Waals surface area contributed by atoms with Crippen LogP contribution in [0.3, 0.4) is 0 Å². The molecule has 0 spiro atoms. The SMILES string of the molecule is CC(C)CC(C(=O)O)S(=O)(=O)Cc1ccc(-c2cccs2)cc1. The van der Waals surface area contributed by atoms with Gasteiger partial charge in [0.25, 0.3) is 0 Å². The van der Waals surface area contributed by atoms with Gasteiger partial charge < -0.3 is 5.11 Å². The van der Waals surface area contributed by atoms with Crippen molar-refractivity contribution in [3.8, 4) is 10.4 Å². The molecular formula is C17H20O4S2. The summed E-state index contributed by atoms with van der Waals surface area (Å²) in [6.07, 6.45) is 0.130. The maximum absolute atomic E-state index is 12.4. The van der Waals surface area contributed by atoms with Crippen molar-refractivity contribution in [3.63, 3.8) is 0 Å². The van der Waals surface area contributed by atoms with E-state index in [9.17, 15) is 18.3 Å². The quantitative estimate of drug-likeness (QED) is 0.822. The first kappa shape index (κ1) is 17.7. The molecule has 0 saturated carbocycles. The molecule has 1 unspecified atom stereocenters. The summed E-state index contributed by atoms with van der Waals surface area (Å²) in [6, 6.07) is 11.2. The van der Waals surface area contributed by atoms with Crippen molar-refractivity contribution in [2.24, 2.45) is 5.92 Å². The molecule has 1 aromatic heterocycles. The molecule has 0 amide bonds. The average molecular weight is 352 g/mol. The molecule has 1 heterocycles. The smallest absolute Gasteiger partial charge is 0.321 e. The molecule has 0 aliphatic rings. The summed E-state index contributed by atoms with van der Waals surface area (Å²) in [4.78, 5) is 12.4. The summed E-state index contributed by atoms with van der Waals surface area (Å²) < 4.78 is 24.8. The van der Waals surface area contributed by atoms with E-state index in [-0.39, 0.29) is 18.1 Å². The molecule has 0 bridgehead atoms. The summed E-state index contributed by atoms with van der Waals surface area (Å²) >= 11 is 1.61. The lowest BCUT2D eigenvalue weighted by Gasteiger charge is -2.15. The van der Waals surface area contributed by atoms with Gasteiger partial charge in [-0.2, -0.15) is 0 Å². The second kappa shape index (κ2) is 7.27. The molecule has 2 aromatic rings. The topological polar surface area (TPSA) is 71.4 Å². The van der Waals surface area contributed by atoms with Crippen LogP contribution in [0.15, 0.2) is 41.8 Å². The van der Waals surface area contributed by atoms with E-state index in [1.54, 1.807) is 23.5 Å². The maximum Gasteiger partial charge on any atom is 0.321 e.